The second kappa shape index (κ2) is 10.7. The Morgan fingerprint density at radius 2 is 1.76 bits per heavy atom. The van der Waals surface area contributed by atoms with E-state index >= 15 is 0 Å². The molecule has 1 aliphatic rings. The number of alkyl halides is 3. The van der Waals surface area contributed by atoms with Crippen LogP contribution in [0.1, 0.15) is 59.6 Å². The summed E-state index contributed by atoms with van der Waals surface area (Å²) in [5.74, 6) is -0.0585. The summed E-state index contributed by atoms with van der Waals surface area (Å²) in [6.45, 7) is 6.23. The maximum absolute atomic E-state index is 12.9. The van der Waals surface area contributed by atoms with E-state index in [4.69, 9.17) is 0 Å². The normalized spacial score (nSPS) is 15.9. The largest absolute Gasteiger partial charge is 0.419 e. The molecule has 1 aromatic carbocycles. The highest BCUT2D eigenvalue weighted by molar-refractivity contribution is 7.91. The predicted molar refractivity (Wildman–Crippen MR) is 135 cm³/mol. The Hall–Kier alpha value is -3.54. The molecule has 1 amide bonds. The van der Waals surface area contributed by atoms with E-state index in [1.54, 1.807) is 25.1 Å². The number of halogens is 3. The minimum atomic E-state index is -4.51. The molecule has 0 bridgehead atoms. The van der Waals surface area contributed by atoms with Crippen LogP contribution in [0.2, 0.25) is 0 Å². The van der Waals surface area contributed by atoms with Crippen LogP contribution in [-0.4, -0.2) is 41.6 Å². The molecule has 1 aliphatic heterocycles. The second-order valence-corrected chi connectivity index (χ2v) is 11.7. The zero-order valence-electron chi connectivity index (χ0n) is 21.2. The van der Waals surface area contributed by atoms with E-state index in [-0.39, 0.29) is 41.0 Å². The summed E-state index contributed by atoms with van der Waals surface area (Å²) >= 11 is 0. The number of carbonyl (C=O) groups excluding carboxylic acids is 1. The Kier molecular flexibility index (Phi) is 7.73. The average molecular weight is 548 g/mol. The lowest BCUT2D eigenvalue weighted by molar-refractivity contribution is -0.138. The van der Waals surface area contributed by atoms with Crippen LogP contribution in [0.4, 0.5) is 19.1 Å². The van der Waals surface area contributed by atoms with E-state index in [1.807, 2.05) is 18.7 Å². The third kappa shape index (κ3) is 5.79. The molecule has 0 unspecified atom stereocenters. The van der Waals surface area contributed by atoms with Crippen molar-refractivity contribution in [3.8, 4) is 0 Å². The molecule has 0 saturated carbocycles. The van der Waals surface area contributed by atoms with Crippen molar-refractivity contribution in [2.24, 2.45) is 5.92 Å². The number of amides is 1. The summed E-state index contributed by atoms with van der Waals surface area (Å²) in [5, 5.41) is 2.83. The number of nitrogens with one attached hydrogen (secondary N) is 1. The van der Waals surface area contributed by atoms with Crippen LogP contribution in [0.5, 0.6) is 0 Å². The number of hydrogen-bond donors (Lipinski definition) is 1. The number of pyridine rings is 1. The van der Waals surface area contributed by atoms with Gasteiger partial charge in [-0.1, -0.05) is 32.9 Å². The van der Waals surface area contributed by atoms with Crippen molar-refractivity contribution in [1.82, 2.24) is 20.3 Å². The quantitative estimate of drug-likeness (QED) is 0.468. The summed E-state index contributed by atoms with van der Waals surface area (Å²) in [7, 11) is -3.29. The van der Waals surface area contributed by atoms with Gasteiger partial charge in [-0.3, -0.25) is 9.78 Å². The predicted octanol–water partition coefficient (Wildman–Crippen LogP) is 4.37. The first-order chi connectivity index (χ1) is 17.9. The summed E-state index contributed by atoms with van der Waals surface area (Å²) in [5.41, 5.74) is 1.85. The Bertz CT molecular complexity index is 1410. The van der Waals surface area contributed by atoms with Crippen LogP contribution in [0.15, 0.2) is 53.8 Å². The van der Waals surface area contributed by atoms with E-state index in [2.05, 4.69) is 20.3 Å². The summed E-state index contributed by atoms with van der Waals surface area (Å²) in [6, 6.07) is 7.90. The topological polar surface area (TPSA) is 105 Å². The van der Waals surface area contributed by atoms with E-state index in [1.165, 1.54) is 18.3 Å². The molecule has 0 spiro atoms. The van der Waals surface area contributed by atoms with Crippen molar-refractivity contribution in [3.63, 3.8) is 0 Å². The van der Waals surface area contributed by atoms with Gasteiger partial charge < -0.3 is 10.2 Å². The fraction of sp³-hybridized carbons (Fsp3) is 0.385. The number of hydrogen-bond acceptors (Lipinski definition) is 7. The monoisotopic (exact) mass is 547 g/mol. The van der Waals surface area contributed by atoms with Crippen molar-refractivity contribution < 1.29 is 26.4 Å². The third-order valence-electron chi connectivity index (χ3n) is 6.47. The lowest BCUT2D eigenvalue weighted by Gasteiger charge is -2.39. The molecule has 3 aromatic rings. The Labute approximate surface area is 219 Å². The molecule has 12 heteroatoms. The van der Waals surface area contributed by atoms with Crippen LogP contribution in [0, 0.1) is 5.92 Å². The first kappa shape index (κ1) is 27.5. The fourth-order valence-corrected chi connectivity index (χ4v) is 5.30. The van der Waals surface area contributed by atoms with E-state index in [9.17, 15) is 26.4 Å². The maximum atomic E-state index is 12.9. The third-order valence-corrected chi connectivity index (χ3v) is 8.22. The molecular formula is C26H28F3N5O3S. The Morgan fingerprint density at radius 3 is 2.34 bits per heavy atom. The molecule has 3 heterocycles. The lowest BCUT2D eigenvalue weighted by Crippen LogP contribution is -2.40. The molecule has 0 fully saturated rings. The van der Waals surface area contributed by atoms with E-state index in [0.29, 0.717) is 18.5 Å². The van der Waals surface area contributed by atoms with Crippen molar-refractivity contribution in [2.75, 3.05) is 17.2 Å². The smallest absolute Gasteiger partial charge is 0.348 e. The number of rotatable bonds is 7. The molecule has 38 heavy (non-hydrogen) atoms. The second-order valence-electron chi connectivity index (χ2n) is 9.40. The average Bonchev–Trinajstić information content (AvgIpc) is 2.90. The van der Waals surface area contributed by atoms with Gasteiger partial charge in [0.25, 0.3) is 5.91 Å². The molecular weight excluding hydrogens is 519 g/mol. The summed E-state index contributed by atoms with van der Waals surface area (Å²) in [4.78, 5) is 27.4. The number of anilines is 1. The van der Waals surface area contributed by atoms with Crippen molar-refractivity contribution in [2.45, 2.75) is 50.9 Å². The van der Waals surface area contributed by atoms with Gasteiger partial charge in [0.2, 0.25) is 5.95 Å². The molecule has 8 nitrogen and oxygen atoms in total. The maximum Gasteiger partial charge on any atom is 0.419 e. The zero-order valence-corrected chi connectivity index (χ0v) is 22.0. The van der Waals surface area contributed by atoms with Crippen LogP contribution in [0.25, 0.3) is 0 Å². The van der Waals surface area contributed by atoms with Gasteiger partial charge in [0.15, 0.2) is 9.84 Å². The molecule has 202 valence electrons. The summed E-state index contributed by atoms with van der Waals surface area (Å²) in [6.07, 6.45) is -0.942. The number of sulfone groups is 1. The fourth-order valence-electron chi connectivity index (χ4n) is 4.42. The molecule has 1 atom stereocenters. The first-order valence-corrected chi connectivity index (χ1v) is 13.8. The number of fused-ring (bicyclic) bond motifs is 1. The standard InChI is InChI=1S/C26H28F3N5O3S/c1-4-38(36,37)21-7-5-17(6-8-21)12-31-24(35)19-11-18-9-10-34(23(16(2)3)22(18)30-13-19)25-32-14-20(15-33-25)26(27,28)29/h5-8,11,13-16,23H,4,9-10,12H2,1-3H3,(H,31,35)/t23-/m0/s1. The highest BCUT2D eigenvalue weighted by Crippen LogP contribution is 2.37. The number of nitrogens with zero attached hydrogens (tertiary/aromatic N) is 4. The van der Waals surface area contributed by atoms with Crippen molar-refractivity contribution in [3.05, 3.63) is 76.9 Å². The van der Waals surface area contributed by atoms with Crippen LogP contribution < -0.4 is 10.2 Å². The van der Waals surface area contributed by atoms with Gasteiger partial charge in [-0.25, -0.2) is 18.4 Å². The first-order valence-electron chi connectivity index (χ1n) is 12.1. The van der Waals surface area contributed by atoms with Crippen molar-refractivity contribution >= 4 is 21.7 Å². The molecule has 0 aliphatic carbocycles. The van der Waals surface area contributed by atoms with Gasteiger partial charge in [-0.15, -0.1) is 0 Å². The minimum absolute atomic E-state index is 0.0151. The molecule has 0 saturated heterocycles. The van der Waals surface area contributed by atoms with Crippen LogP contribution >= 0.6 is 0 Å². The minimum Gasteiger partial charge on any atom is -0.348 e. The van der Waals surface area contributed by atoms with Gasteiger partial charge in [-0.2, -0.15) is 13.2 Å². The van der Waals surface area contributed by atoms with Crippen molar-refractivity contribution in [1.29, 1.82) is 0 Å². The Morgan fingerprint density at radius 1 is 1.11 bits per heavy atom. The Balaban J connectivity index is 1.49. The number of benzene rings is 1. The highest BCUT2D eigenvalue weighted by Gasteiger charge is 2.35. The van der Waals surface area contributed by atoms with Crippen LogP contribution in [0.3, 0.4) is 0 Å². The van der Waals surface area contributed by atoms with Gasteiger partial charge >= 0.3 is 6.18 Å². The molecule has 2 aromatic heterocycles. The number of aromatic nitrogens is 3. The summed E-state index contributed by atoms with van der Waals surface area (Å²) < 4.78 is 62.7. The van der Waals surface area contributed by atoms with Crippen LogP contribution in [-0.2, 0) is 29.0 Å². The zero-order chi connectivity index (χ0) is 27.7. The van der Waals surface area contributed by atoms with Gasteiger partial charge in [0, 0.05) is 31.7 Å². The molecule has 0 radical (unpaired) electrons. The van der Waals surface area contributed by atoms with Gasteiger partial charge in [-0.05, 0) is 41.7 Å². The number of carbonyl (C=O) groups is 1. The van der Waals surface area contributed by atoms with Gasteiger partial charge in [0.1, 0.15) is 0 Å². The highest BCUT2D eigenvalue weighted by atomic mass is 32.2. The molecule has 4 rings (SSSR count). The van der Waals surface area contributed by atoms with Gasteiger partial charge in [0.05, 0.1) is 33.5 Å². The SMILES string of the molecule is CCS(=O)(=O)c1ccc(CNC(=O)c2cnc3c(c2)CCN(c2ncc(C(F)(F)F)cn2)[C@H]3C(C)C)cc1. The van der Waals surface area contributed by atoms with E-state index in [0.717, 1.165) is 29.2 Å². The lowest BCUT2D eigenvalue weighted by atomic mass is 9.89. The van der Waals surface area contributed by atoms with E-state index < -0.39 is 21.6 Å². The molecule has 1 N–H and O–H groups in total.